The number of carbonyl (C=O) groups excluding carboxylic acids is 1. The van der Waals surface area contributed by atoms with E-state index >= 15 is 0 Å². The van der Waals surface area contributed by atoms with Crippen LogP contribution in [0.15, 0.2) is 12.4 Å². The first-order chi connectivity index (χ1) is 14.2. The Morgan fingerprint density at radius 2 is 1.97 bits per heavy atom. The van der Waals surface area contributed by atoms with Gasteiger partial charge in [0.15, 0.2) is 0 Å². The van der Waals surface area contributed by atoms with Crippen molar-refractivity contribution in [2.24, 2.45) is 11.8 Å². The minimum absolute atomic E-state index is 0.330. The fraction of sp³-hybridized carbons (Fsp3) is 0.773. The highest BCUT2D eigenvalue weighted by atomic mass is 16.5. The maximum absolute atomic E-state index is 12.7. The first-order valence-electron chi connectivity index (χ1n) is 11.3. The van der Waals surface area contributed by atoms with E-state index in [0.717, 1.165) is 70.1 Å². The van der Waals surface area contributed by atoms with Gasteiger partial charge in [-0.3, -0.25) is 4.79 Å². The predicted octanol–water partition coefficient (Wildman–Crippen LogP) is 2.93. The lowest BCUT2D eigenvalue weighted by molar-refractivity contribution is -0.133. The lowest BCUT2D eigenvalue weighted by atomic mass is 9.92. The van der Waals surface area contributed by atoms with Crippen molar-refractivity contribution in [3.8, 4) is 0 Å². The summed E-state index contributed by atoms with van der Waals surface area (Å²) in [6.07, 6.45) is 10.3. The Bertz CT molecular complexity index is 673. The number of amides is 1. The topological polar surface area (TPSA) is 70.6 Å². The van der Waals surface area contributed by atoms with Crippen molar-refractivity contribution in [1.82, 2.24) is 14.9 Å². The highest BCUT2D eigenvalue weighted by molar-refractivity contribution is 5.76. The number of methoxy groups -OCH3 is 1. The summed E-state index contributed by atoms with van der Waals surface area (Å²) in [4.78, 5) is 26.0. The van der Waals surface area contributed by atoms with Gasteiger partial charge in [0.25, 0.3) is 0 Å². The van der Waals surface area contributed by atoms with Crippen molar-refractivity contribution in [1.29, 1.82) is 0 Å². The number of hydrogen-bond acceptors (Lipinski definition) is 6. The third-order valence-electron chi connectivity index (χ3n) is 6.56. The largest absolute Gasteiger partial charge is 0.384 e. The van der Waals surface area contributed by atoms with Crippen LogP contribution in [0.1, 0.15) is 51.4 Å². The number of hydrogen-bond donors (Lipinski definition) is 1. The lowest BCUT2D eigenvalue weighted by Gasteiger charge is -2.35. The molecule has 3 heterocycles. The van der Waals surface area contributed by atoms with Crippen LogP contribution in [0.4, 0.5) is 11.6 Å². The third-order valence-corrected chi connectivity index (χ3v) is 6.56. The quantitative estimate of drug-likeness (QED) is 0.722. The van der Waals surface area contributed by atoms with Crippen LogP contribution in [-0.4, -0.2) is 66.7 Å². The van der Waals surface area contributed by atoms with Gasteiger partial charge in [0.1, 0.15) is 18.0 Å². The molecular formula is C22H35N5O2. The van der Waals surface area contributed by atoms with Gasteiger partial charge in [-0.2, -0.15) is 0 Å². The molecular weight excluding hydrogens is 366 g/mol. The van der Waals surface area contributed by atoms with E-state index < -0.39 is 0 Å². The maximum Gasteiger partial charge on any atom is 0.222 e. The molecule has 0 aromatic carbocycles. The highest BCUT2D eigenvalue weighted by Gasteiger charge is 2.26. The second-order valence-corrected chi connectivity index (χ2v) is 8.95. The van der Waals surface area contributed by atoms with Crippen LogP contribution >= 0.6 is 0 Å². The zero-order valence-electron chi connectivity index (χ0n) is 17.7. The van der Waals surface area contributed by atoms with Gasteiger partial charge in [0, 0.05) is 58.4 Å². The Kier molecular flexibility index (Phi) is 6.85. The summed E-state index contributed by atoms with van der Waals surface area (Å²) >= 11 is 0. The minimum Gasteiger partial charge on any atom is -0.384 e. The molecule has 0 bridgehead atoms. The van der Waals surface area contributed by atoms with Gasteiger partial charge in [-0.05, 0) is 56.8 Å². The lowest BCUT2D eigenvalue weighted by Crippen LogP contribution is -2.40. The van der Waals surface area contributed by atoms with Crippen LogP contribution in [0.2, 0.25) is 0 Å². The summed E-state index contributed by atoms with van der Waals surface area (Å²) in [5.74, 6) is 3.46. The smallest absolute Gasteiger partial charge is 0.222 e. The molecule has 1 atom stereocenters. The van der Waals surface area contributed by atoms with Crippen LogP contribution in [0, 0.1) is 11.8 Å². The van der Waals surface area contributed by atoms with Crippen LogP contribution < -0.4 is 10.2 Å². The average molecular weight is 402 g/mol. The Balaban J connectivity index is 1.23. The van der Waals surface area contributed by atoms with Crippen LogP contribution in [-0.2, 0) is 9.53 Å². The number of aromatic nitrogens is 2. The molecule has 1 amide bonds. The fourth-order valence-corrected chi connectivity index (χ4v) is 4.61. The summed E-state index contributed by atoms with van der Waals surface area (Å²) in [5, 5.41) is 3.46. The molecule has 7 nitrogen and oxygen atoms in total. The van der Waals surface area contributed by atoms with E-state index in [0.29, 0.717) is 30.2 Å². The van der Waals surface area contributed by atoms with E-state index in [9.17, 15) is 4.79 Å². The Morgan fingerprint density at radius 3 is 2.72 bits per heavy atom. The fourth-order valence-electron chi connectivity index (χ4n) is 4.61. The first-order valence-corrected chi connectivity index (χ1v) is 11.3. The van der Waals surface area contributed by atoms with E-state index in [1.54, 1.807) is 13.4 Å². The van der Waals surface area contributed by atoms with E-state index in [1.165, 1.54) is 19.3 Å². The third kappa shape index (κ3) is 5.81. The number of rotatable bonds is 8. The van der Waals surface area contributed by atoms with Crippen LogP contribution in [0.25, 0.3) is 0 Å². The molecule has 1 aromatic rings. The molecule has 1 N–H and O–H groups in total. The molecule has 160 valence electrons. The molecule has 1 aromatic heterocycles. The number of carbonyl (C=O) groups is 1. The van der Waals surface area contributed by atoms with Gasteiger partial charge >= 0.3 is 0 Å². The average Bonchev–Trinajstić information content (AvgIpc) is 3.57. The summed E-state index contributed by atoms with van der Waals surface area (Å²) in [5.41, 5.74) is 0. The standard InChI is InChI=1S/C22H35N5O2/c1-29-15-18-8-11-26(12-9-18)22(28)7-4-17-3-2-10-27(14-17)21-13-20(23-16-24-21)25-19-5-6-19/h13,16-19H,2-12,14-15H2,1H3,(H,23,24,25). The van der Waals surface area contributed by atoms with Gasteiger partial charge in [0.2, 0.25) is 5.91 Å². The maximum atomic E-state index is 12.7. The van der Waals surface area contributed by atoms with Crippen molar-refractivity contribution >= 4 is 17.5 Å². The number of nitrogens with one attached hydrogen (secondary N) is 1. The summed E-state index contributed by atoms with van der Waals surface area (Å²) in [6.45, 7) is 4.63. The van der Waals surface area contributed by atoms with Crippen molar-refractivity contribution < 1.29 is 9.53 Å². The Hall–Kier alpha value is -1.89. The monoisotopic (exact) mass is 401 g/mol. The molecule has 0 spiro atoms. The number of piperidine rings is 2. The summed E-state index contributed by atoms with van der Waals surface area (Å²) in [7, 11) is 1.76. The van der Waals surface area contributed by atoms with Gasteiger partial charge in [-0.1, -0.05) is 0 Å². The summed E-state index contributed by atoms with van der Waals surface area (Å²) in [6, 6.07) is 2.67. The van der Waals surface area contributed by atoms with Gasteiger partial charge in [-0.25, -0.2) is 9.97 Å². The van der Waals surface area contributed by atoms with E-state index in [1.807, 2.05) is 0 Å². The second kappa shape index (κ2) is 9.74. The highest BCUT2D eigenvalue weighted by Crippen LogP contribution is 2.28. The van der Waals surface area contributed by atoms with Crippen LogP contribution in [0.3, 0.4) is 0 Å². The molecule has 2 saturated heterocycles. The van der Waals surface area contributed by atoms with E-state index in [-0.39, 0.29) is 0 Å². The van der Waals surface area contributed by atoms with Gasteiger partial charge in [0.05, 0.1) is 0 Å². The van der Waals surface area contributed by atoms with Crippen LogP contribution in [0.5, 0.6) is 0 Å². The van der Waals surface area contributed by atoms with Crippen molar-refractivity contribution in [2.45, 2.75) is 57.4 Å². The second-order valence-electron chi connectivity index (χ2n) is 8.95. The predicted molar refractivity (Wildman–Crippen MR) is 114 cm³/mol. The van der Waals surface area contributed by atoms with Crippen molar-refractivity contribution in [2.75, 3.05) is 50.1 Å². The van der Waals surface area contributed by atoms with Crippen molar-refractivity contribution in [3.05, 3.63) is 12.4 Å². The molecule has 3 fully saturated rings. The molecule has 2 aliphatic heterocycles. The number of anilines is 2. The SMILES string of the molecule is COCC1CCN(C(=O)CCC2CCCN(c3cc(NC4CC4)ncn3)C2)CC1. The Labute approximate surface area is 174 Å². The molecule has 1 aliphatic carbocycles. The molecule has 3 aliphatic rings. The molecule has 1 saturated carbocycles. The normalized spacial score (nSPS) is 23.3. The molecule has 29 heavy (non-hydrogen) atoms. The van der Waals surface area contributed by atoms with Crippen molar-refractivity contribution in [3.63, 3.8) is 0 Å². The number of nitrogens with zero attached hydrogens (tertiary/aromatic N) is 4. The van der Waals surface area contributed by atoms with Gasteiger partial charge < -0.3 is 19.9 Å². The zero-order chi connectivity index (χ0) is 20.1. The summed E-state index contributed by atoms with van der Waals surface area (Å²) < 4.78 is 5.26. The first kappa shape index (κ1) is 20.4. The zero-order valence-corrected chi connectivity index (χ0v) is 17.7. The molecule has 0 radical (unpaired) electrons. The molecule has 4 rings (SSSR count). The number of ether oxygens (including phenoxy) is 1. The van der Waals surface area contributed by atoms with E-state index in [4.69, 9.17) is 4.74 Å². The minimum atomic E-state index is 0.330. The van der Waals surface area contributed by atoms with Gasteiger partial charge in [-0.15, -0.1) is 0 Å². The Morgan fingerprint density at radius 1 is 1.14 bits per heavy atom. The number of likely N-dealkylation sites (tertiary alicyclic amines) is 1. The molecule has 1 unspecified atom stereocenters. The van der Waals surface area contributed by atoms with E-state index in [2.05, 4.69) is 31.2 Å². The molecule has 7 heteroatoms.